The highest BCUT2D eigenvalue weighted by atomic mass is 16.3. The zero-order valence-corrected chi connectivity index (χ0v) is 11.4. The smallest absolute Gasteiger partial charge is 0.239 e. The van der Waals surface area contributed by atoms with Crippen molar-refractivity contribution in [3.05, 3.63) is 0 Å². The van der Waals surface area contributed by atoms with Crippen molar-refractivity contribution in [2.45, 2.75) is 44.9 Å². The largest absolute Gasteiger partial charge is 0.396 e. The van der Waals surface area contributed by atoms with E-state index in [1.54, 1.807) is 0 Å². The molecular formula is C14H24N2O3. The third-order valence-corrected chi connectivity index (χ3v) is 4.35. The molecule has 0 atom stereocenters. The number of carbonyl (C=O) groups is 2. The molecule has 0 unspecified atom stereocenters. The first-order valence-electron chi connectivity index (χ1n) is 7.28. The molecule has 0 saturated heterocycles. The third-order valence-electron chi connectivity index (χ3n) is 4.35. The van der Waals surface area contributed by atoms with Crippen molar-refractivity contribution in [3.8, 4) is 0 Å². The second-order valence-corrected chi connectivity index (χ2v) is 6.07. The van der Waals surface area contributed by atoms with E-state index < -0.39 is 0 Å². The Kier molecular flexibility index (Phi) is 4.80. The van der Waals surface area contributed by atoms with E-state index in [-0.39, 0.29) is 30.4 Å². The highest BCUT2D eigenvalue weighted by molar-refractivity contribution is 5.84. The summed E-state index contributed by atoms with van der Waals surface area (Å²) in [5.74, 6) is 0.317. The van der Waals surface area contributed by atoms with Gasteiger partial charge in [0.15, 0.2) is 0 Å². The molecule has 19 heavy (non-hydrogen) atoms. The van der Waals surface area contributed by atoms with Crippen LogP contribution in [0, 0.1) is 11.3 Å². The maximum absolute atomic E-state index is 11.6. The standard InChI is InChI=1S/C14H24N2O3/c17-10-14(5-6-14)9-16-13(19)8-15-12(18)7-11-3-1-2-4-11/h11,17H,1-10H2,(H,15,18)(H,16,19). The lowest BCUT2D eigenvalue weighted by atomic mass is 10.0. The lowest BCUT2D eigenvalue weighted by Crippen LogP contribution is -2.40. The quantitative estimate of drug-likeness (QED) is 0.631. The molecule has 0 aromatic rings. The second-order valence-electron chi connectivity index (χ2n) is 6.07. The van der Waals surface area contributed by atoms with Gasteiger partial charge in [0.2, 0.25) is 11.8 Å². The summed E-state index contributed by atoms with van der Waals surface area (Å²) in [6.07, 6.45) is 7.21. The summed E-state index contributed by atoms with van der Waals surface area (Å²) in [6.45, 7) is 0.690. The Bertz CT molecular complexity index is 334. The summed E-state index contributed by atoms with van der Waals surface area (Å²) >= 11 is 0. The van der Waals surface area contributed by atoms with Crippen molar-refractivity contribution in [1.82, 2.24) is 10.6 Å². The summed E-state index contributed by atoms with van der Waals surface area (Å²) in [5, 5.41) is 14.6. The molecule has 2 rings (SSSR count). The summed E-state index contributed by atoms with van der Waals surface area (Å²) in [7, 11) is 0. The van der Waals surface area contributed by atoms with Gasteiger partial charge in [0.25, 0.3) is 0 Å². The van der Waals surface area contributed by atoms with Gasteiger partial charge < -0.3 is 15.7 Å². The highest BCUT2D eigenvalue weighted by Crippen LogP contribution is 2.44. The van der Waals surface area contributed by atoms with Crippen LogP contribution < -0.4 is 10.6 Å². The molecule has 108 valence electrons. The van der Waals surface area contributed by atoms with E-state index in [4.69, 9.17) is 5.11 Å². The number of amides is 2. The van der Waals surface area contributed by atoms with Crippen LogP contribution in [0.25, 0.3) is 0 Å². The molecule has 2 aliphatic rings. The first-order valence-corrected chi connectivity index (χ1v) is 7.28. The van der Waals surface area contributed by atoms with Crippen LogP contribution >= 0.6 is 0 Å². The van der Waals surface area contributed by atoms with Gasteiger partial charge in [-0.05, 0) is 31.6 Å². The number of nitrogens with one attached hydrogen (secondary N) is 2. The Hall–Kier alpha value is -1.10. The molecule has 3 N–H and O–H groups in total. The van der Waals surface area contributed by atoms with Crippen molar-refractivity contribution in [2.24, 2.45) is 11.3 Å². The number of rotatable bonds is 7. The fourth-order valence-corrected chi connectivity index (χ4v) is 2.64. The van der Waals surface area contributed by atoms with Gasteiger partial charge in [0.1, 0.15) is 0 Å². The summed E-state index contributed by atoms with van der Waals surface area (Å²) < 4.78 is 0. The molecule has 2 fully saturated rings. The van der Waals surface area contributed by atoms with Gasteiger partial charge in [-0.1, -0.05) is 12.8 Å². The van der Waals surface area contributed by atoms with E-state index in [0.29, 0.717) is 18.9 Å². The minimum Gasteiger partial charge on any atom is -0.396 e. The Morgan fingerprint density at radius 3 is 2.37 bits per heavy atom. The predicted molar refractivity (Wildman–Crippen MR) is 71.3 cm³/mol. The van der Waals surface area contributed by atoms with Gasteiger partial charge >= 0.3 is 0 Å². The van der Waals surface area contributed by atoms with Crippen LogP contribution in [0.4, 0.5) is 0 Å². The van der Waals surface area contributed by atoms with Crippen LogP contribution in [0.1, 0.15) is 44.9 Å². The zero-order valence-electron chi connectivity index (χ0n) is 11.4. The average Bonchev–Trinajstić information content (AvgIpc) is 3.03. The van der Waals surface area contributed by atoms with Crippen LogP contribution in [-0.4, -0.2) is 36.6 Å². The van der Waals surface area contributed by atoms with Crippen molar-refractivity contribution >= 4 is 11.8 Å². The molecule has 5 heteroatoms. The van der Waals surface area contributed by atoms with Crippen LogP contribution in [0.2, 0.25) is 0 Å². The molecule has 0 heterocycles. The second kappa shape index (κ2) is 6.37. The van der Waals surface area contributed by atoms with Crippen LogP contribution in [0.5, 0.6) is 0 Å². The van der Waals surface area contributed by atoms with Gasteiger partial charge in [-0.3, -0.25) is 9.59 Å². The minimum atomic E-state index is -0.167. The fourth-order valence-electron chi connectivity index (χ4n) is 2.64. The number of hydrogen-bond donors (Lipinski definition) is 3. The molecule has 2 aliphatic carbocycles. The Balaban J connectivity index is 1.56. The Labute approximate surface area is 114 Å². The number of hydrogen-bond acceptors (Lipinski definition) is 3. The van der Waals surface area contributed by atoms with Gasteiger partial charge in [0.05, 0.1) is 13.2 Å². The van der Waals surface area contributed by atoms with Crippen molar-refractivity contribution in [2.75, 3.05) is 19.7 Å². The Morgan fingerprint density at radius 2 is 1.79 bits per heavy atom. The van der Waals surface area contributed by atoms with Crippen molar-refractivity contribution in [3.63, 3.8) is 0 Å². The first-order chi connectivity index (χ1) is 9.13. The molecule has 0 aromatic carbocycles. The van der Waals surface area contributed by atoms with Crippen LogP contribution in [-0.2, 0) is 9.59 Å². The third kappa shape index (κ3) is 4.49. The van der Waals surface area contributed by atoms with E-state index in [1.807, 2.05) is 0 Å². The first kappa shape index (κ1) is 14.3. The summed E-state index contributed by atoms with van der Waals surface area (Å²) in [6, 6.07) is 0. The minimum absolute atomic E-state index is 0.0228. The average molecular weight is 268 g/mol. The molecule has 0 bridgehead atoms. The topological polar surface area (TPSA) is 78.4 Å². The van der Waals surface area contributed by atoms with Gasteiger partial charge in [-0.2, -0.15) is 0 Å². The molecule has 0 spiro atoms. The molecule has 0 aromatic heterocycles. The van der Waals surface area contributed by atoms with E-state index in [9.17, 15) is 9.59 Å². The van der Waals surface area contributed by atoms with E-state index in [2.05, 4.69) is 10.6 Å². The maximum Gasteiger partial charge on any atom is 0.239 e. The number of aliphatic hydroxyl groups excluding tert-OH is 1. The summed E-state index contributed by atoms with van der Waals surface area (Å²) in [5.41, 5.74) is -0.0798. The van der Waals surface area contributed by atoms with Crippen LogP contribution in [0.3, 0.4) is 0 Å². The SMILES string of the molecule is O=C(CNC(=O)CC1CCCC1)NCC1(CO)CC1. The highest BCUT2D eigenvalue weighted by Gasteiger charge is 2.41. The Morgan fingerprint density at radius 1 is 1.11 bits per heavy atom. The molecular weight excluding hydrogens is 244 g/mol. The normalized spacial score (nSPS) is 21.1. The van der Waals surface area contributed by atoms with E-state index in [0.717, 1.165) is 25.7 Å². The van der Waals surface area contributed by atoms with Gasteiger partial charge in [0, 0.05) is 18.4 Å². The molecule has 0 aliphatic heterocycles. The van der Waals surface area contributed by atoms with E-state index >= 15 is 0 Å². The summed E-state index contributed by atoms with van der Waals surface area (Å²) in [4.78, 5) is 23.2. The lowest BCUT2D eigenvalue weighted by molar-refractivity contribution is -0.126. The monoisotopic (exact) mass is 268 g/mol. The van der Waals surface area contributed by atoms with Crippen molar-refractivity contribution < 1.29 is 14.7 Å². The number of aliphatic hydroxyl groups is 1. The maximum atomic E-state index is 11.6. The fraction of sp³-hybridized carbons (Fsp3) is 0.857. The van der Waals surface area contributed by atoms with Crippen molar-refractivity contribution in [1.29, 1.82) is 0 Å². The van der Waals surface area contributed by atoms with E-state index in [1.165, 1.54) is 12.8 Å². The van der Waals surface area contributed by atoms with Gasteiger partial charge in [-0.25, -0.2) is 0 Å². The number of carbonyl (C=O) groups excluding carboxylic acids is 2. The molecule has 0 radical (unpaired) electrons. The lowest BCUT2D eigenvalue weighted by Gasteiger charge is -2.13. The predicted octanol–water partition coefficient (Wildman–Crippen LogP) is 0.572. The van der Waals surface area contributed by atoms with Gasteiger partial charge in [-0.15, -0.1) is 0 Å². The molecule has 5 nitrogen and oxygen atoms in total. The van der Waals surface area contributed by atoms with Crippen LogP contribution in [0.15, 0.2) is 0 Å². The molecule has 2 amide bonds. The molecule has 2 saturated carbocycles. The zero-order chi connectivity index (χ0) is 13.7.